The monoisotopic (exact) mass is 876 g/mol. The number of nitrogens with one attached hydrogen (secondary N) is 1. The van der Waals surface area contributed by atoms with Gasteiger partial charge in [-0.3, -0.25) is 4.79 Å². The predicted octanol–water partition coefficient (Wildman–Crippen LogP) is 17.5. The molecular weight excluding hydrogens is 763 g/mol. The van der Waals surface area contributed by atoms with E-state index in [1.54, 1.807) is 0 Å². The fourth-order valence-corrected chi connectivity index (χ4v) is 9.23. The molecule has 370 valence electrons. The summed E-state index contributed by atoms with van der Waals surface area (Å²) in [4.78, 5) is 12.5. The molecule has 0 spiro atoms. The van der Waals surface area contributed by atoms with E-state index in [1.165, 1.54) is 263 Å². The van der Waals surface area contributed by atoms with Crippen molar-refractivity contribution >= 4 is 5.91 Å². The van der Waals surface area contributed by atoms with Gasteiger partial charge in [0.25, 0.3) is 0 Å². The van der Waals surface area contributed by atoms with E-state index >= 15 is 0 Å². The molecule has 0 aromatic heterocycles. The molecule has 5 nitrogen and oxygen atoms in total. The van der Waals surface area contributed by atoms with Crippen molar-refractivity contribution < 1.29 is 20.1 Å². The lowest BCUT2D eigenvalue weighted by atomic mass is 10.0. The van der Waals surface area contributed by atoms with Gasteiger partial charge in [-0.1, -0.05) is 289 Å². The fraction of sp³-hybridized carbons (Fsp3) is 0.947. The second kappa shape index (κ2) is 52.7. The molecule has 0 aromatic rings. The Bertz CT molecular complexity index is 879. The summed E-state index contributed by atoms with van der Waals surface area (Å²) in [6.45, 7) is 4.28. The molecule has 4 N–H and O–H groups in total. The van der Waals surface area contributed by atoms with Crippen LogP contribution >= 0.6 is 0 Å². The molecule has 0 heterocycles. The van der Waals surface area contributed by atoms with Gasteiger partial charge in [-0.25, -0.2) is 0 Å². The van der Waals surface area contributed by atoms with Crippen LogP contribution in [-0.2, 0) is 4.79 Å². The molecule has 0 aliphatic heterocycles. The number of hydrogen-bond acceptors (Lipinski definition) is 4. The maximum Gasteiger partial charge on any atom is 0.222 e. The summed E-state index contributed by atoms with van der Waals surface area (Å²) in [5, 5.41) is 33.5. The van der Waals surface area contributed by atoms with E-state index in [9.17, 15) is 20.1 Å². The first kappa shape index (κ1) is 61.1. The van der Waals surface area contributed by atoms with Crippen molar-refractivity contribution in [1.82, 2.24) is 5.32 Å². The minimum atomic E-state index is -0.745. The molecule has 0 rings (SSSR count). The molecule has 62 heavy (non-hydrogen) atoms. The van der Waals surface area contributed by atoms with Gasteiger partial charge in [0.2, 0.25) is 5.91 Å². The summed E-state index contributed by atoms with van der Waals surface area (Å²) >= 11 is 0. The quantitative estimate of drug-likeness (QED) is 0.0362. The van der Waals surface area contributed by atoms with Crippen LogP contribution in [0.4, 0.5) is 0 Å². The third-order valence-corrected chi connectivity index (χ3v) is 13.6. The minimum absolute atomic E-state index is 0.0408. The molecule has 0 aliphatic rings. The van der Waals surface area contributed by atoms with Gasteiger partial charge in [-0.2, -0.15) is 0 Å². The lowest BCUT2D eigenvalue weighted by Gasteiger charge is -2.23. The Morgan fingerprint density at radius 2 is 0.645 bits per heavy atom. The molecule has 0 aliphatic carbocycles. The van der Waals surface area contributed by atoms with Crippen molar-refractivity contribution in [2.75, 3.05) is 6.61 Å². The number of aliphatic hydroxyl groups is 3. The first-order valence-corrected chi connectivity index (χ1v) is 28.5. The average molecular weight is 877 g/mol. The van der Waals surface area contributed by atoms with E-state index < -0.39 is 18.2 Å². The highest BCUT2D eigenvalue weighted by Gasteiger charge is 2.21. The number of carbonyl (C=O) groups excluding carboxylic acids is 1. The molecule has 0 saturated carbocycles. The Balaban J connectivity index is 3.42. The van der Waals surface area contributed by atoms with E-state index in [2.05, 4.69) is 31.3 Å². The third kappa shape index (κ3) is 48.5. The summed E-state index contributed by atoms with van der Waals surface area (Å²) in [5.74, 6) is -0.278. The number of hydrogen-bond donors (Lipinski definition) is 4. The van der Waals surface area contributed by atoms with Crippen LogP contribution in [0.5, 0.6) is 0 Å². The van der Waals surface area contributed by atoms with Crippen molar-refractivity contribution in [3.8, 4) is 0 Å². The van der Waals surface area contributed by atoms with Gasteiger partial charge in [-0.05, 0) is 38.5 Å². The Morgan fingerprint density at radius 1 is 0.387 bits per heavy atom. The zero-order valence-corrected chi connectivity index (χ0v) is 42.3. The van der Waals surface area contributed by atoms with Gasteiger partial charge < -0.3 is 20.6 Å². The Hall–Kier alpha value is -0.910. The number of carbonyl (C=O) groups is 1. The number of amides is 1. The van der Waals surface area contributed by atoms with Crippen LogP contribution in [-0.4, -0.2) is 46.1 Å². The van der Waals surface area contributed by atoms with Crippen LogP contribution in [0.15, 0.2) is 12.2 Å². The molecule has 0 radical (unpaired) electrons. The Kier molecular flexibility index (Phi) is 51.9. The average Bonchev–Trinajstić information content (AvgIpc) is 3.27. The van der Waals surface area contributed by atoms with E-state index in [-0.39, 0.29) is 18.9 Å². The maximum absolute atomic E-state index is 12.5. The number of aliphatic hydroxyl groups excluding tert-OH is 3. The third-order valence-electron chi connectivity index (χ3n) is 13.6. The molecule has 5 heteroatoms. The molecule has 0 saturated heterocycles. The molecule has 0 aromatic carbocycles. The van der Waals surface area contributed by atoms with Crippen molar-refractivity contribution in [3.05, 3.63) is 12.2 Å². The highest BCUT2D eigenvalue weighted by atomic mass is 16.3. The van der Waals surface area contributed by atoms with Crippen LogP contribution in [0.1, 0.15) is 322 Å². The van der Waals surface area contributed by atoms with Crippen LogP contribution in [0.3, 0.4) is 0 Å². The van der Waals surface area contributed by atoms with Crippen LogP contribution in [0, 0.1) is 0 Å². The van der Waals surface area contributed by atoms with Crippen molar-refractivity contribution in [2.24, 2.45) is 0 Å². The number of rotatable bonds is 53. The molecule has 1 amide bonds. The molecule has 3 unspecified atom stereocenters. The van der Waals surface area contributed by atoms with Crippen molar-refractivity contribution in [2.45, 2.75) is 340 Å². The minimum Gasteiger partial charge on any atom is -0.394 e. The van der Waals surface area contributed by atoms with Gasteiger partial charge in [0, 0.05) is 0 Å². The van der Waals surface area contributed by atoms with Crippen molar-refractivity contribution in [3.63, 3.8) is 0 Å². The fourth-order valence-electron chi connectivity index (χ4n) is 9.23. The summed E-state index contributed by atoms with van der Waals surface area (Å²) in [7, 11) is 0. The lowest BCUT2D eigenvalue weighted by molar-refractivity contribution is -0.125. The standard InChI is InChI=1S/C57H113NO4/c1-3-5-7-9-11-13-15-17-18-19-20-21-22-23-24-25-26-27-28-29-30-31-32-33-34-35-36-37-38-39-40-42-44-46-48-50-54(60)52-57(62)58-55(53-59)56(61)51-49-47-45-43-41-16-14-12-10-8-6-4-2/h27-28,54-56,59-61H,3-26,29-53H2,1-2H3,(H,58,62)/b28-27-. The van der Waals surface area contributed by atoms with Gasteiger partial charge in [0.05, 0.1) is 31.3 Å². The zero-order valence-electron chi connectivity index (χ0n) is 42.3. The van der Waals surface area contributed by atoms with E-state index in [0.717, 1.165) is 25.7 Å². The summed E-state index contributed by atoms with van der Waals surface area (Å²) < 4.78 is 0. The van der Waals surface area contributed by atoms with Gasteiger partial charge in [-0.15, -0.1) is 0 Å². The van der Waals surface area contributed by atoms with E-state index in [4.69, 9.17) is 0 Å². The SMILES string of the molecule is CCCCCCCCCCCCCCCCCC/C=C\CCCCCCCCCCCCCCCCCC(O)CC(=O)NC(CO)C(O)CCCCCCCCCCCCCC. The van der Waals surface area contributed by atoms with E-state index in [0.29, 0.717) is 12.8 Å². The number of unbranched alkanes of at least 4 members (excludes halogenated alkanes) is 42. The summed E-state index contributed by atoms with van der Waals surface area (Å²) in [5.41, 5.74) is 0. The first-order valence-electron chi connectivity index (χ1n) is 28.5. The second-order valence-electron chi connectivity index (χ2n) is 19.9. The maximum atomic E-state index is 12.5. The van der Waals surface area contributed by atoms with Gasteiger partial charge in [0.1, 0.15) is 0 Å². The number of allylic oxidation sites excluding steroid dienone is 2. The normalized spacial score (nSPS) is 13.3. The largest absolute Gasteiger partial charge is 0.394 e. The van der Waals surface area contributed by atoms with Crippen LogP contribution in [0.25, 0.3) is 0 Å². The van der Waals surface area contributed by atoms with Gasteiger partial charge >= 0.3 is 0 Å². The highest BCUT2D eigenvalue weighted by molar-refractivity contribution is 5.76. The topological polar surface area (TPSA) is 89.8 Å². The Labute approximate surface area is 389 Å². The highest BCUT2D eigenvalue weighted by Crippen LogP contribution is 2.18. The van der Waals surface area contributed by atoms with Gasteiger partial charge in [0.15, 0.2) is 0 Å². The second-order valence-corrected chi connectivity index (χ2v) is 19.9. The van der Waals surface area contributed by atoms with Crippen molar-refractivity contribution in [1.29, 1.82) is 0 Å². The summed E-state index contributed by atoms with van der Waals surface area (Å²) in [6, 6.07) is -0.654. The Morgan fingerprint density at radius 3 is 0.935 bits per heavy atom. The smallest absolute Gasteiger partial charge is 0.222 e. The molecule has 0 fully saturated rings. The predicted molar refractivity (Wildman–Crippen MR) is 273 cm³/mol. The first-order chi connectivity index (χ1) is 30.5. The summed E-state index contributed by atoms with van der Waals surface area (Å²) in [6.07, 6.45) is 65.3. The van der Waals surface area contributed by atoms with Crippen LogP contribution < -0.4 is 5.32 Å². The molecular formula is C57H113NO4. The van der Waals surface area contributed by atoms with Crippen LogP contribution in [0.2, 0.25) is 0 Å². The zero-order chi connectivity index (χ0) is 45.1. The lowest BCUT2D eigenvalue weighted by Crippen LogP contribution is -2.46. The van der Waals surface area contributed by atoms with E-state index in [1.807, 2.05) is 0 Å². The molecule has 0 bridgehead atoms. The molecule has 3 atom stereocenters.